The maximum absolute atomic E-state index is 7.79. The van der Waals surface area contributed by atoms with Crippen LogP contribution in [0.25, 0.3) is 0 Å². The molecule has 0 saturated carbocycles. The zero-order chi connectivity index (χ0) is 16.0. The fourth-order valence-electron chi connectivity index (χ4n) is 1.12. The fraction of sp³-hybridized carbons (Fsp3) is 1.00. The summed E-state index contributed by atoms with van der Waals surface area (Å²) in [7, 11) is 0. The lowest BCUT2D eigenvalue weighted by Gasteiger charge is -2.30. The van der Waals surface area contributed by atoms with E-state index in [2.05, 4.69) is 0 Å². The van der Waals surface area contributed by atoms with Crippen LogP contribution >= 0.6 is 0 Å². The summed E-state index contributed by atoms with van der Waals surface area (Å²) in [6.45, 7) is 5.72. The highest BCUT2D eigenvalue weighted by Gasteiger charge is 2.21. The van der Waals surface area contributed by atoms with Crippen LogP contribution in [-0.4, -0.2) is 31.3 Å². The molecular weight excluding hydrogens is 200 g/mol. The van der Waals surface area contributed by atoms with Crippen molar-refractivity contribution in [1.82, 2.24) is 0 Å². The summed E-state index contributed by atoms with van der Waals surface area (Å²) in [5, 5.41) is 0. The highest BCUT2D eigenvalue weighted by molar-refractivity contribution is 4.45. The first-order valence-electron chi connectivity index (χ1n) is 7.04. The SMILES string of the molecule is [3H]C1(C)OC([3H])(C)OC([3H])(C)OC([3H])(C)OC([3H])(C)O1. The van der Waals surface area contributed by atoms with E-state index in [9.17, 15) is 0 Å². The van der Waals surface area contributed by atoms with Crippen molar-refractivity contribution < 1.29 is 30.5 Å². The zero-order valence-corrected chi connectivity index (χ0v) is 9.54. The van der Waals surface area contributed by atoms with Gasteiger partial charge in [0.1, 0.15) is 0 Å². The van der Waals surface area contributed by atoms with Crippen LogP contribution in [0.2, 0.25) is 0 Å². The lowest BCUT2D eigenvalue weighted by Crippen LogP contribution is -2.35. The average Bonchev–Trinajstić information content (AvgIpc) is 1.84. The van der Waals surface area contributed by atoms with Crippen molar-refractivity contribution in [2.45, 2.75) is 65.9 Å². The smallest absolute Gasteiger partial charge is 0.161 e. The van der Waals surface area contributed by atoms with Crippen molar-refractivity contribution in [3.05, 3.63) is 0 Å². The molecule has 15 heavy (non-hydrogen) atoms. The summed E-state index contributed by atoms with van der Waals surface area (Å²) in [5.41, 5.74) is 0. The quantitative estimate of drug-likeness (QED) is 0.635. The molecule has 1 saturated heterocycles. The zero-order valence-electron chi connectivity index (χ0n) is 14.5. The molecule has 0 aromatic carbocycles. The third-order valence-electron chi connectivity index (χ3n) is 1.44. The molecule has 1 rings (SSSR count). The standard InChI is InChI=1S/C10H20O5/c1-6-11-7(2)13-9(4)15-10(5)14-8(3)12-6/h6-10H,1-5H3/i6T,7T,8T,9T,10T. The Morgan fingerprint density at radius 2 is 0.667 bits per heavy atom. The summed E-state index contributed by atoms with van der Waals surface area (Å²) in [5.74, 6) is 0. The van der Waals surface area contributed by atoms with E-state index in [0.717, 1.165) is 34.6 Å². The first-order valence-corrected chi connectivity index (χ1v) is 4.54. The summed E-state index contributed by atoms with van der Waals surface area (Å²) in [6.07, 6.45) is -10.8. The van der Waals surface area contributed by atoms with Gasteiger partial charge in [-0.1, -0.05) is 0 Å². The van der Waals surface area contributed by atoms with Crippen LogP contribution in [0, 0.1) is 0 Å². The van der Waals surface area contributed by atoms with E-state index < -0.39 is 31.3 Å². The molecule has 1 heterocycles. The van der Waals surface area contributed by atoms with E-state index in [1.807, 2.05) is 0 Å². The van der Waals surface area contributed by atoms with Gasteiger partial charge in [0.15, 0.2) is 31.3 Å². The van der Waals surface area contributed by atoms with E-state index in [1.165, 1.54) is 0 Å². The number of ether oxygens (including phenoxy) is 5. The molecule has 0 aromatic heterocycles. The summed E-state index contributed by atoms with van der Waals surface area (Å²) in [4.78, 5) is 0. The summed E-state index contributed by atoms with van der Waals surface area (Å²) >= 11 is 0. The van der Waals surface area contributed by atoms with Gasteiger partial charge in [0.05, 0.1) is 6.85 Å². The lowest BCUT2D eigenvalue weighted by atomic mass is 10.6. The highest BCUT2D eigenvalue weighted by Crippen LogP contribution is 2.13. The Balaban J connectivity index is 3.15. The van der Waals surface area contributed by atoms with E-state index in [1.54, 1.807) is 0 Å². The number of rotatable bonds is 0. The van der Waals surface area contributed by atoms with Gasteiger partial charge in [-0.05, 0) is 34.6 Å². The van der Waals surface area contributed by atoms with Gasteiger partial charge >= 0.3 is 0 Å². The molecule has 0 amide bonds. The minimum Gasteiger partial charge on any atom is -0.324 e. The van der Waals surface area contributed by atoms with Gasteiger partial charge in [-0.3, -0.25) is 0 Å². The Morgan fingerprint density at radius 1 is 0.533 bits per heavy atom. The Bertz CT molecular complexity index is 268. The molecule has 1 aliphatic heterocycles. The second-order valence-corrected chi connectivity index (χ2v) is 2.97. The van der Waals surface area contributed by atoms with Crippen LogP contribution < -0.4 is 0 Å². The Labute approximate surface area is 97.6 Å². The van der Waals surface area contributed by atoms with Gasteiger partial charge in [0.25, 0.3) is 0 Å². The molecule has 1 fully saturated rings. The topological polar surface area (TPSA) is 46.2 Å². The lowest BCUT2D eigenvalue weighted by molar-refractivity contribution is -0.367. The van der Waals surface area contributed by atoms with E-state index in [-0.39, 0.29) is 0 Å². The van der Waals surface area contributed by atoms with Crippen LogP contribution in [0.1, 0.15) is 41.5 Å². The van der Waals surface area contributed by atoms with Crippen molar-refractivity contribution >= 4 is 0 Å². The molecule has 0 spiro atoms. The van der Waals surface area contributed by atoms with Crippen molar-refractivity contribution in [1.29, 1.82) is 0 Å². The summed E-state index contributed by atoms with van der Waals surface area (Å²) in [6, 6.07) is 0. The minimum atomic E-state index is -2.16. The molecule has 90 valence electrons. The molecule has 0 radical (unpaired) electrons. The molecule has 0 atom stereocenters. The molecule has 0 N–H and O–H groups in total. The maximum atomic E-state index is 7.79. The highest BCUT2D eigenvalue weighted by atomic mass is 16.9. The normalized spacial score (nSPS) is 74.3. The van der Waals surface area contributed by atoms with Crippen LogP contribution in [0.4, 0.5) is 0 Å². The third-order valence-corrected chi connectivity index (χ3v) is 1.44. The largest absolute Gasteiger partial charge is 0.324 e. The molecule has 1 aliphatic rings. The van der Waals surface area contributed by atoms with Gasteiger partial charge in [-0.25, -0.2) is 0 Å². The first kappa shape index (κ1) is 7.19. The molecule has 0 bridgehead atoms. The predicted molar refractivity (Wildman–Crippen MR) is 52.7 cm³/mol. The maximum Gasteiger partial charge on any atom is 0.161 e. The van der Waals surface area contributed by atoms with Crippen molar-refractivity contribution in [2.75, 3.05) is 0 Å². The third kappa shape index (κ3) is 4.90. The summed E-state index contributed by atoms with van der Waals surface area (Å²) < 4.78 is 63.8. The molecule has 0 aromatic rings. The minimum absolute atomic E-state index is 1.14. The second kappa shape index (κ2) is 5.77. The van der Waals surface area contributed by atoms with Gasteiger partial charge in [-0.15, -0.1) is 0 Å². The van der Waals surface area contributed by atoms with Gasteiger partial charge in [-0.2, -0.15) is 0 Å². The molecule has 5 heteroatoms. The molecule has 0 aliphatic carbocycles. The van der Waals surface area contributed by atoms with E-state index in [4.69, 9.17) is 30.5 Å². The first-order chi connectivity index (χ1) is 8.54. The van der Waals surface area contributed by atoms with Gasteiger partial charge < -0.3 is 23.7 Å². The van der Waals surface area contributed by atoms with Crippen molar-refractivity contribution in [3.8, 4) is 0 Å². The van der Waals surface area contributed by atoms with E-state index in [0.29, 0.717) is 0 Å². The molecular formula is C10H20O5. The van der Waals surface area contributed by atoms with Crippen LogP contribution in [0.15, 0.2) is 0 Å². The van der Waals surface area contributed by atoms with Crippen molar-refractivity contribution in [2.24, 2.45) is 0 Å². The number of hydrogen-bond acceptors (Lipinski definition) is 5. The molecule has 5 nitrogen and oxygen atoms in total. The predicted octanol–water partition coefficient (Wildman–Crippen LogP) is 1.81. The fourth-order valence-corrected chi connectivity index (χ4v) is 1.12. The van der Waals surface area contributed by atoms with Gasteiger partial charge in [0.2, 0.25) is 0 Å². The average molecular weight is 230 g/mol. The Morgan fingerprint density at radius 3 is 0.800 bits per heavy atom. The monoisotopic (exact) mass is 230 g/mol. The van der Waals surface area contributed by atoms with Crippen LogP contribution in [0.3, 0.4) is 0 Å². The van der Waals surface area contributed by atoms with Crippen LogP contribution in [-0.2, 0) is 23.7 Å². The second-order valence-electron chi connectivity index (χ2n) is 2.97. The van der Waals surface area contributed by atoms with Crippen molar-refractivity contribution in [3.63, 3.8) is 0 Å². The van der Waals surface area contributed by atoms with Gasteiger partial charge in [0, 0.05) is 0 Å². The Hall–Kier alpha value is -0.200. The molecule has 0 unspecified atom stereocenters. The van der Waals surface area contributed by atoms with E-state index >= 15 is 0 Å². The Kier molecular flexibility index (Phi) is 2.76. The number of hydrogen-bond donors (Lipinski definition) is 0. The van der Waals surface area contributed by atoms with Crippen LogP contribution in [0.5, 0.6) is 0 Å².